The van der Waals surface area contributed by atoms with Crippen molar-refractivity contribution in [2.45, 2.75) is 6.37 Å². The molecule has 0 bridgehead atoms. The predicted molar refractivity (Wildman–Crippen MR) is 37.2 cm³/mol. The molecule has 0 amide bonds. The highest BCUT2D eigenvalue weighted by molar-refractivity contribution is 5.15. The van der Waals surface area contributed by atoms with E-state index in [9.17, 15) is 4.39 Å². The fraction of sp³-hybridized carbons (Fsp3) is 0.250. The van der Waals surface area contributed by atoms with Crippen molar-refractivity contribution in [2.24, 2.45) is 0 Å². The Morgan fingerprint density at radius 1 is 1.40 bits per heavy atom. The first-order chi connectivity index (χ1) is 6.25. The van der Waals surface area contributed by atoms with Gasteiger partial charge < -0.3 is 5.11 Å². The molecule has 1 nitrogen and oxygen atoms in total. The zero-order valence-electron chi connectivity index (χ0n) is 9.13. The van der Waals surface area contributed by atoms with Gasteiger partial charge in [-0.05, 0) is 24.1 Å². The van der Waals surface area contributed by atoms with E-state index in [-0.39, 0.29) is 5.56 Å². The molecule has 2 heteroatoms. The summed E-state index contributed by atoms with van der Waals surface area (Å²) in [5, 5.41) is 8.93. The van der Waals surface area contributed by atoms with Gasteiger partial charge in [-0.1, -0.05) is 12.1 Å². The van der Waals surface area contributed by atoms with Crippen LogP contribution in [0.5, 0.6) is 0 Å². The second-order valence-corrected chi connectivity index (χ2v) is 1.74. The van der Waals surface area contributed by atoms with Crippen LogP contribution in [0, 0.1) is 5.82 Å². The highest BCUT2D eigenvalue weighted by Gasteiger charge is 1.90. The van der Waals surface area contributed by atoms with Gasteiger partial charge in [0.25, 0.3) is 0 Å². The summed E-state index contributed by atoms with van der Waals surface area (Å²) in [5.74, 6) is -0.539. The largest absolute Gasteiger partial charge is 0.396 e. The molecule has 0 unspecified atom stereocenters. The molecule has 0 aliphatic carbocycles. The van der Waals surface area contributed by atoms with Gasteiger partial charge in [-0.3, -0.25) is 0 Å². The quantitative estimate of drug-likeness (QED) is 0.664. The van der Waals surface area contributed by atoms with E-state index in [2.05, 4.69) is 0 Å². The number of hydrogen-bond donors (Lipinski definition) is 1. The average molecular weight is 144 g/mol. The van der Waals surface area contributed by atoms with E-state index >= 15 is 0 Å². The van der Waals surface area contributed by atoms with Gasteiger partial charge >= 0.3 is 0 Å². The van der Waals surface area contributed by atoms with E-state index in [1.807, 2.05) is 0 Å². The lowest BCUT2D eigenvalue weighted by Gasteiger charge is -1.95. The molecular formula is C8H9FO. The van der Waals surface area contributed by atoms with Crippen molar-refractivity contribution in [1.29, 1.82) is 0 Å². The summed E-state index contributed by atoms with van der Waals surface area (Å²) < 4.78 is 40.9. The summed E-state index contributed by atoms with van der Waals surface area (Å²) >= 11 is 0. The van der Waals surface area contributed by atoms with Crippen LogP contribution in [0.4, 0.5) is 4.39 Å². The molecule has 0 aromatic heterocycles. The number of hydrogen-bond acceptors (Lipinski definition) is 1. The molecule has 10 heavy (non-hydrogen) atoms. The molecule has 0 radical (unpaired) electrons. The van der Waals surface area contributed by atoms with E-state index in [0.717, 1.165) is 24.3 Å². The standard InChI is InChI=1S/C8H9FO/c9-8-3-1-7(2-4-8)5-6-10/h1-4,10H,5-6H2/i5D2,6D2. The van der Waals surface area contributed by atoms with Gasteiger partial charge in [0.1, 0.15) is 5.82 Å². The third-order valence-electron chi connectivity index (χ3n) is 1.04. The monoisotopic (exact) mass is 144 g/mol. The second-order valence-electron chi connectivity index (χ2n) is 1.74. The fourth-order valence-electron chi connectivity index (χ4n) is 0.598. The zero-order chi connectivity index (χ0) is 11.0. The molecule has 1 N–H and O–H groups in total. The van der Waals surface area contributed by atoms with Gasteiger partial charge in [0.05, 0.1) is 2.74 Å². The van der Waals surface area contributed by atoms with Crippen LogP contribution in [0.15, 0.2) is 24.3 Å². The Balaban J connectivity index is 3.10. The third-order valence-corrected chi connectivity index (χ3v) is 1.04. The minimum absolute atomic E-state index is 0.105. The molecule has 0 saturated carbocycles. The van der Waals surface area contributed by atoms with Crippen LogP contribution in [0.3, 0.4) is 0 Å². The Bertz CT molecular complexity index is 317. The SMILES string of the molecule is [2H]C([2H])(O)C([2H])([2H])c1ccc(F)cc1. The smallest absolute Gasteiger partial charge is 0.123 e. The summed E-state index contributed by atoms with van der Waals surface area (Å²) in [6.45, 7) is -3.00. The topological polar surface area (TPSA) is 20.2 Å². The zero-order valence-corrected chi connectivity index (χ0v) is 5.13. The van der Waals surface area contributed by atoms with Crippen LogP contribution < -0.4 is 0 Å². The molecule has 0 saturated heterocycles. The molecule has 0 fully saturated rings. The Hall–Kier alpha value is -0.890. The Labute approximate surface area is 64.7 Å². The van der Waals surface area contributed by atoms with Crippen molar-refractivity contribution in [2.75, 3.05) is 6.56 Å². The van der Waals surface area contributed by atoms with Crippen LogP contribution in [0.1, 0.15) is 11.0 Å². The lowest BCUT2D eigenvalue weighted by Crippen LogP contribution is -1.89. The average Bonchev–Trinajstić information content (AvgIpc) is 2.03. The lowest BCUT2D eigenvalue weighted by atomic mass is 10.2. The van der Waals surface area contributed by atoms with Gasteiger partial charge in [0.15, 0.2) is 0 Å². The summed E-state index contributed by atoms with van der Waals surface area (Å²) in [4.78, 5) is 0. The maximum atomic E-state index is 12.5. The molecule has 1 aromatic rings. The number of aliphatic hydroxyl groups is 1. The number of aryl methyl sites for hydroxylation is 1. The first-order valence-electron chi connectivity index (χ1n) is 4.73. The number of halogens is 1. The van der Waals surface area contributed by atoms with Gasteiger partial charge in [-0.25, -0.2) is 4.39 Å². The van der Waals surface area contributed by atoms with E-state index in [1.165, 1.54) is 0 Å². The first kappa shape index (κ1) is 3.49. The van der Waals surface area contributed by atoms with E-state index in [0.29, 0.717) is 0 Å². The minimum atomic E-state index is -3.00. The van der Waals surface area contributed by atoms with Crippen LogP contribution in [0.2, 0.25) is 0 Å². The number of benzene rings is 1. The van der Waals surface area contributed by atoms with E-state index < -0.39 is 18.7 Å². The predicted octanol–water partition coefficient (Wildman–Crippen LogP) is 1.36. The van der Waals surface area contributed by atoms with Crippen molar-refractivity contribution in [3.05, 3.63) is 35.6 Å². The van der Waals surface area contributed by atoms with Gasteiger partial charge in [-0.15, -0.1) is 0 Å². The summed E-state index contributed by atoms with van der Waals surface area (Å²) in [5.41, 5.74) is -0.105. The summed E-state index contributed by atoms with van der Waals surface area (Å²) in [6.07, 6.45) is -2.55. The minimum Gasteiger partial charge on any atom is -0.396 e. The molecule has 0 spiro atoms. The van der Waals surface area contributed by atoms with Gasteiger partial charge in [-0.2, -0.15) is 0 Å². The van der Waals surface area contributed by atoms with Crippen molar-refractivity contribution >= 4 is 0 Å². The second kappa shape index (κ2) is 3.32. The third kappa shape index (κ3) is 1.81. The summed E-state index contributed by atoms with van der Waals surface area (Å²) in [6, 6.07) is 4.23. The normalized spacial score (nSPS) is 18.6. The van der Waals surface area contributed by atoms with Crippen LogP contribution in [-0.4, -0.2) is 11.7 Å². The fourth-order valence-corrected chi connectivity index (χ4v) is 0.598. The first-order valence-corrected chi connectivity index (χ1v) is 2.73. The van der Waals surface area contributed by atoms with Gasteiger partial charge in [0.2, 0.25) is 0 Å². The molecule has 0 atom stereocenters. The summed E-state index contributed by atoms with van der Waals surface area (Å²) in [7, 11) is 0. The van der Waals surface area contributed by atoms with Crippen molar-refractivity contribution in [1.82, 2.24) is 0 Å². The Morgan fingerprint density at radius 3 is 2.50 bits per heavy atom. The van der Waals surface area contributed by atoms with E-state index in [4.69, 9.17) is 10.6 Å². The lowest BCUT2D eigenvalue weighted by molar-refractivity contribution is 0.299. The van der Waals surface area contributed by atoms with Crippen molar-refractivity contribution < 1.29 is 15.0 Å². The maximum Gasteiger partial charge on any atom is 0.123 e. The van der Waals surface area contributed by atoms with Crippen LogP contribution in [0.25, 0.3) is 0 Å². The highest BCUT2D eigenvalue weighted by atomic mass is 19.1. The molecule has 1 aromatic carbocycles. The van der Waals surface area contributed by atoms with Crippen molar-refractivity contribution in [3.63, 3.8) is 0 Å². The maximum absolute atomic E-state index is 12.5. The number of rotatable bonds is 2. The van der Waals surface area contributed by atoms with Crippen LogP contribution in [-0.2, 0) is 6.37 Å². The van der Waals surface area contributed by atoms with Crippen molar-refractivity contribution in [3.8, 4) is 0 Å². The molecule has 0 aliphatic rings. The Kier molecular flexibility index (Phi) is 1.16. The molecule has 1 rings (SSSR count). The van der Waals surface area contributed by atoms with Crippen LogP contribution >= 0.6 is 0 Å². The van der Waals surface area contributed by atoms with Gasteiger partial charge in [0, 0.05) is 9.30 Å². The highest BCUT2D eigenvalue weighted by Crippen LogP contribution is 2.02. The molecule has 0 aliphatic heterocycles. The molecule has 0 heterocycles. The van der Waals surface area contributed by atoms with E-state index in [1.54, 1.807) is 0 Å². The molecular weight excluding hydrogens is 131 g/mol. The molecule has 54 valence electrons. The Morgan fingerprint density at radius 2 is 2.00 bits per heavy atom.